The molecule has 2 atom stereocenters. The summed E-state index contributed by atoms with van der Waals surface area (Å²) >= 11 is 0. The fourth-order valence-corrected chi connectivity index (χ4v) is 3.64. The molecule has 2 unspecified atom stereocenters. The molecule has 142 valence electrons. The van der Waals surface area contributed by atoms with Crippen molar-refractivity contribution in [1.82, 2.24) is 15.5 Å². The molecule has 1 saturated heterocycles. The molecule has 1 aromatic carbocycles. The third kappa shape index (κ3) is 8.90. The van der Waals surface area contributed by atoms with Crippen LogP contribution >= 0.6 is 24.0 Å². The van der Waals surface area contributed by atoms with Crippen molar-refractivity contribution in [2.75, 3.05) is 33.2 Å². The first kappa shape index (κ1) is 22.2. The normalized spacial score (nSPS) is 21.5. The zero-order valence-corrected chi connectivity index (χ0v) is 18.3. The van der Waals surface area contributed by atoms with E-state index < -0.39 is 0 Å². The van der Waals surface area contributed by atoms with Crippen LogP contribution in [0.4, 0.5) is 0 Å². The third-order valence-electron chi connectivity index (χ3n) is 4.66. The third-order valence-corrected chi connectivity index (χ3v) is 4.66. The van der Waals surface area contributed by atoms with E-state index in [2.05, 4.69) is 58.6 Å². The lowest BCUT2D eigenvalue weighted by Gasteiger charge is -2.34. The number of aliphatic imine (C=N–C) groups is 1. The Kier molecular flexibility index (Phi) is 11.1. The van der Waals surface area contributed by atoms with Crippen molar-refractivity contribution < 1.29 is 0 Å². The number of guanidine groups is 1. The van der Waals surface area contributed by atoms with E-state index in [1.165, 1.54) is 44.5 Å². The molecule has 0 spiro atoms. The largest absolute Gasteiger partial charge is 0.356 e. The molecule has 1 fully saturated rings. The Morgan fingerprint density at radius 3 is 2.40 bits per heavy atom. The molecule has 25 heavy (non-hydrogen) atoms. The molecule has 0 aliphatic carbocycles. The van der Waals surface area contributed by atoms with E-state index in [0.29, 0.717) is 0 Å². The summed E-state index contributed by atoms with van der Waals surface area (Å²) in [4.78, 5) is 6.93. The van der Waals surface area contributed by atoms with Crippen LogP contribution in [0.15, 0.2) is 35.3 Å². The van der Waals surface area contributed by atoms with Crippen LogP contribution in [-0.4, -0.2) is 44.1 Å². The van der Waals surface area contributed by atoms with Gasteiger partial charge in [0.25, 0.3) is 0 Å². The minimum atomic E-state index is 0. The van der Waals surface area contributed by atoms with E-state index in [9.17, 15) is 0 Å². The number of likely N-dealkylation sites (tertiary alicyclic amines) is 1. The SMILES string of the molecule is CN=C(NCCCCN1CC(C)CC(C)C1)NCc1ccccc1.I. The summed E-state index contributed by atoms with van der Waals surface area (Å²) in [7, 11) is 1.83. The summed E-state index contributed by atoms with van der Waals surface area (Å²) in [5.41, 5.74) is 1.27. The average Bonchev–Trinajstić information content (AvgIpc) is 2.57. The Bertz CT molecular complexity index is 482. The summed E-state index contributed by atoms with van der Waals surface area (Å²) in [6.07, 6.45) is 3.83. The number of hydrogen-bond donors (Lipinski definition) is 2. The molecule has 1 aliphatic rings. The molecular formula is C20H35IN4. The van der Waals surface area contributed by atoms with E-state index in [1.807, 2.05) is 13.1 Å². The van der Waals surface area contributed by atoms with Crippen LogP contribution in [-0.2, 0) is 6.54 Å². The summed E-state index contributed by atoms with van der Waals surface area (Å²) in [5.74, 6) is 2.60. The second kappa shape index (κ2) is 12.5. The summed E-state index contributed by atoms with van der Waals surface area (Å²) in [6.45, 7) is 10.3. The van der Waals surface area contributed by atoms with Crippen molar-refractivity contribution in [2.45, 2.75) is 39.7 Å². The highest BCUT2D eigenvalue weighted by Crippen LogP contribution is 2.20. The first-order chi connectivity index (χ1) is 11.7. The highest BCUT2D eigenvalue weighted by Gasteiger charge is 2.20. The maximum absolute atomic E-state index is 4.29. The Labute approximate surface area is 170 Å². The van der Waals surface area contributed by atoms with Crippen molar-refractivity contribution in [1.29, 1.82) is 0 Å². The minimum Gasteiger partial charge on any atom is -0.356 e. The summed E-state index contributed by atoms with van der Waals surface area (Å²) in [6, 6.07) is 10.4. The van der Waals surface area contributed by atoms with Gasteiger partial charge in [0.05, 0.1) is 0 Å². The Hall–Kier alpha value is -0.820. The molecule has 1 aliphatic heterocycles. The number of nitrogens with one attached hydrogen (secondary N) is 2. The molecule has 1 heterocycles. The van der Waals surface area contributed by atoms with Crippen molar-refractivity contribution in [3.8, 4) is 0 Å². The number of hydrogen-bond acceptors (Lipinski definition) is 2. The molecule has 2 rings (SSSR count). The van der Waals surface area contributed by atoms with E-state index in [-0.39, 0.29) is 24.0 Å². The standard InChI is InChI=1S/C20H34N4.HI/c1-17-13-18(2)16-24(15-17)12-8-7-11-22-20(21-3)23-14-19-9-5-4-6-10-19;/h4-6,9-10,17-18H,7-8,11-16H2,1-3H3,(H2,21,22,23);1H. The van der Waals surface area contributed by atoms with Crippen molar-refractivity contribution in [3.05, 3.63) is 35.9 Å². The number of piperidine rings is 1. The first-order valence-electron chi connectivity index (χ1n) is 9.38. The Balaban J connectivity index is 0.00000312. The van der Waals surface area contributed by atoms with Gasteiger partial charge in [0.15, 0.2) is 5.96 Å². The predicted octanol–water partition coefficient (Wildman–Crippen LogP) is 3.73. The lowest BCUT2D eigenvalue weighted by atomic mass is 9.92. The van der Waals surface area contributed by atoms with Crippen molar-refractivity contribution >= 4 is 29.9 Å². The maximum Gasteiger partial charge on any atom is 0.191 e. The Morgan fingerprint density at radius 1 is 1.08 bits per heavy atom. The van der Waals surface area contributed by atoms with Gasteiger partial charge in [0.2, 0.25) is 0 Å². The molecular weight excluding hydrogens is 423 g/mol. The van der Waals surface area contributed by atoms with Gasteiger partial charge in [-0.05, 0) is 43.2 Å². The van der Waals surface area contributed by atoms with Crippen LogP contribution in [0.5, 0.6) is 0 Å². The smallest absolute Gasteiger partial charge is 0.191 e. The lowest BCUT2D eigenvalue weighted by molar-refractivity contribution is 0.139. The summed E-state index contributed by atoms with van der Waals surface area (Å²) < 4.78 is 0. The molecule has 0 saturated carbocycles. The topological polar surface area (TPSA) is 39.7 Å². The fourth-order valence-electron chi connectivity index (χ4n) is 3.64. The van der Waals surface area contributed by atoms with E-state index in [0.717, 1.165) is 30.9 Å². The number of benzene rings is 1. The van der Waals surface area contributed by atoms with E-state index in [4.69, 9.17) is 0 Å². The zero-order valence-electron chi connectivity index (χ0n) is 16.0. The molecule has 0 radical (unpaired) electrons. The van der Waals surface area contributed by atoms with Gasteiger partial charge in [-0.2, -0.15) is 0 Å². The average molecular weight is 458 g/mol. The van der Waals surface area contributed by atoms with Gasteiger partial charge in [0, 0.05) is 33.2 Å². The van der Waals surface area contributed by atoms with Crippen LogP contribution in [0.2, 0.25) is 0 Å². The van der Waals surface area contributed by atoms with Crippen LogP contribution in [0.25, 0.3) is 0 Å². The second-order valence-corrected chi connectivity index (χ2v) is 7.25. The fraction of sp³-hybridized carbons (Fsp3) is 0.650. The van der Waals surface area contributed by atoms with Gasteiger partial charge in [-0.25, -0.2) is 0 Å². The maximum atomic E-state index is 4.29. The quantitative estimate of drug-likeness (QED) is 0.283. The molecule has 2 N–H and O–H groups in total. The molecule has 0 aromatic heterocycles. The van der Waals surface area contributed by atoms with Crippen molar-refractivity contribution in [2.24, 2.45) is 16.8 Å². The minimum absolute atomic E-state index is 0. The van der Waals surface area contributed by atoms with Crippen LogP contribution in [0.1, 0.15) is 38.7 Å². The number of halogens is 1. The molecule has 1 aromatic rings. The first-order valence-corrected chi connectivity index (χ1v) is 9.38. The van der Waals surface area contributed by atoms with Crippen molar-refractivity contribution in [3.63, 3.8) is 0 Å². The monoisotopic (exact) mass is 458 g/mol. The van der Waals surface area contributed by atoms with Gasteiger partial charge in [0.1, 0.15) is 0 Å². The molecule has 4 nitrogen and oxygen atoms in total. The number of nitrogens with zero attached hydrogens (tertiary/aromatic N) is 2. The highest BCUT2D eigenvalue weighted by atomic mass is 127. The van der Waals surface area contributed by atoms with Crippen LogP contribution in [0, 0.1) is 11.8 Å². The van der Waals surface area contributed by atoms with Crippen LogP contribution < -0.4 is 10.6 Å². The molecule has 5 heteroatoms. The highest BCUT2D eigenvalue weighted by molar-refractivity contribution is 14.0. The van der Waals surface area contributed by atoms with Crippen LogP contribution in [0.3, 0.4) is 0 Å². The number of unbranched alkanes of at least 4 members (excludes halogenated alkanes) is 1. The van der Waals surface area contributed by atoms with Gasteiger partial charge in [-0.15, -0.1) is 24.0 Å². The van der Waals surface area contributed by atoms with E-state index >= 15 is 0 Å². The zero-order chi connectivity index (χ0) is 17.2. The van der Waals surface area contributed by atoms with Gasteiger partial charge < -0.3 is 15.5 Å². The van der Waals surface area contributed by atoms with Gasteiger partial charge >= 0.3 is 0 Å². The van der Waals surface area contributed by atoms with Gasteiger partial charge in [-0.3, -0.25) is 4.99 Å². The number of rotatable bonds is 7. The molecule has 0 amide bonds. The molecule has 0 bridgehead atoms. The lowest BCUT2D eigenvalue weighted by Crippen LogP contribution is -2.40. The summed E-state index contributed by atoms with van der Waals surface area (Å²) in [5, 5.41) is 6.78. The Morgan fingerprint density at radius 2 is 1.76 bits per heavy atom. The second-order valence-electron chi connectivity index (χ2n) is 7.25. The van der Waals surface area contributed by atoms with E-state index in [1.54, 1.807) is 0 Å². The van der Waals surface area contributed by atoms with Gasteiger partial charge in [-0.1, -0.05) is 44.2 Å². The predicted molar refractivity (Wildman–Crippen MR) is 119 cm³/mol.